The Morgan fingerprint density at radius 3 is 2.48 bits per heavy atom. The highest BCUT2D eigenvalue weighted by Crippen LogP contribution is 2.26. The van der Waals surface area contributed by atoms with E-state index in [0.29, 0.717) is 5.92 Å². The third-order valence-electron chi connectivity index (χ3n) is 5.15. The summed E-state index contributed by atoms with van der Waals surface area (Å²) >= 11 is 0. The van der Waals surface area contributed by atoms with Crippen molar-refractivity contribution >= 4 is 0 Å². The molecule has 0 spiro atoms. The molecule has 118 valence electrons. The molecular weight excluding hydrogens is 256 g/mol. The monoisotopic (exact) mass is 288 g/mol. The van der Waals surface area contributed by atoms with Crippen LogP contribution < -0.4 is 5.73 Å². The molecule has 21 heavy (non-hydrogen) atoms. The SMILES string of the molecule is CC(C)C1CCCN(CC(C)C(N)c2ccccc2)CC1. The van der Waals surface area contributed by atoms with Gasteiger partial charge in [-0.3, -0.25) is 0 Å². The molecule has 1 aromatic carbocycles. The molecule has 3 unspecified atom stereocenters. The second-order valence-electron chi connectivity index (χ2n) is 7.15. The van der Waals surface area contributed by atoms with Gasteiger partial charge in [-0.25, -0.2) is 0 Å². The molecule has 1 fully saturated rings. The molecule has 2 rings (SSSR count). The van der Waals surface area contributed by atoms with Crippen molar-refractivity contribution < 1.29 is 0 Å². The van der Waals surface area contributed by atoms with Gasteiger partial charge < -0.3 is 10.6 Å². The van der Waals surface area contributed by atoms with Crippen LogP contribution in [0.5, 0.6) is 0 Å². The molecule has 1 aromatic rings. The Labute approximate surface area is 130 Å². The number of rotatable bonds is 5. The van der Waals surface area contributed by atoms with E-state index in [9.17, 15) is 0 Å². The normalized spacial score (nSPS) is 23.8. The number of hydrogen-bond acceptors (Lipinski definition) is 2. The van der Waals surface area contributed by atoms with Crippen molar-refractivity contribution in [3.8, 4) is 0 Å². The van der Waals surface area contributed by atoms with Crippen LogP contribution >= 0.6 is 0 Å². The molecule has 1 heterocycles. The van der Waals surface area contributed by atoms with Crippen LogP contribution in [0, 0.1) is 17.8 Å². The molecule has 2 heteroatoms. The summed E-state index contributed by atoms with van der Waals surface area (Å²) in [5.74, 6) is 2.24. The lowest BCUT2D eigenvalue weighted by Crippen LogP contribution is -2.34. The zero-order chi connectivity index (χ0) is 15.2. The first-order valence-electron chi connectivity index (χ1n) is 8.60. The van der Waals surface area contributed by atoms with Crippen molar-refractivity contribution in [3.63, 3.8) is 0 Å². The molecule has 0 radical (unpaired) electrons. The average Bonchev–Trinajstić information content (AvgIpc) is 2.73. The third-order valence-corrected chi connectivity index (χ3v) is 5.15. The zero-order valence-corrected chi connectivity index (χ0v) is 14.0. The lowest BCUT2D eigenvalue weighted by molar-refractivity contribution is 0.224. The topological polar surface area (TPSA) is 29.3 Å². The van der Waals surface area contributed by atoms with Crippen LogP contribution in [0.3, 0.4) is 0 Å². The first-order valence-corrected chi connectivity index (χ1v) is 8.60. The second-order valence-corrected chi connectivity index (χ2v) is 7.15. The second kappa shape index (κ2) is 7.95. The molecule has 2 nitrogen and oxygen atoms in total. The predicted molar refractivity (Wildman–Crippen MR) is 91.2 cm³/mol. The molecule has 0 saturated carbocycles. The fraction of sp³-hybridized carbons (Fsp3) is 0.684. The summed E-state index contributed by atoms with van der Waals surface area (Å²) in [4.78, 5) is 2.63. The average molecular weight is 288 g/mol. The Morgan fingerprint density at radius 2 is 1.81 bits per heavy atom. The maximum absolute atomic E-state index is 6.44. The molecular formula is C19H32N2. The zero-order valence-electron chi connectivity index (χ0n) is 14.0. The minimum absolute atomic E-state index is 0.148. The van der Waals surface area contributed by atoms with Gasteiger partial charge in [0.2, 0.25) is 0 Å². The summed E-state index contributed by atoms with van der Waals surface area (Å²) in [6.45, 7) is 10.6. The quantitative estimate of drug-likeness (QED) is 0.884. The molecule has 2 N–H and O–H groups in total. The maximum Gasteiger partial charge on any atom is 0.0333 e. The van der Waals surface area contributed by atoms with E-state index < -0.39 is 0 Å². The van der Waals surface area contributed by atoms with E-state index in [0.717, 1.165) is 18.4 Å². The van der Waals surface area contributed by atoms with E-state index in [1.807, 2.05) is 0 Å². The number of nitrogens with two attached hydrogens (primary N) is 1. The minimum atomic E-state index is 0.148. The summed E-state index contributed by atoms with van der Waals surface area (Å²) in [7, 11) is 0. The van der Waals surface area contributed by atoms with Crippen molar-refractivity contribution in [1.29, 1.82) is 0 Å². The van der Waals surface area contributed by atoms with Crippen LogP contribution in [0.15, 0.2) is 30.3 Å². The summed E-state index contributed by atoms with van der Waals surface area (Å²) in [5, 5.41) is 0. The van der Waals surface area contributed by atoms with E-state index >= 15 is 0 Å². The van der Waals surface area contributed by atoms with Crippen molar-refractivity contribution in [1.82, 2.24) is 4.90 Å². The summed E-state index contributed by atoms with van der Waals surface area (Å²) in [5.41, 5.74) is 7.71. The van der Waals surface area contributed by atoms with E-state index in [-0.39, 0.29) is 6.04 Å². The van der Waals surface area contributed by atoms with Crippen molar-refractivity contribution in [3.05, 3.63) is 35.9 Å². The van der Waals surface area contributed by atoms with Crippen LogP contribution in [0.1, 0.15) is 51.6 Å². The summed E-state index contributed by atoms with van der Waals surface area (Å²) in [6, 6.07) is 10.7. The van der Waals surface area contributed by atoms with E-state index in [2.05, 4.69) is 56.0 Å². The van der Waals surface area contributed by atoms with Crippen molar-refractivity contribution in [2.45, 2.75) is 46.1 Å². The summed E-state index contributed by atoms with van der Waals surface area (Å²) in [6.07, 6.45) is 4.09. The van der Waals surface area contributed by atoms with Crippen molar-refractivity contribution in [2.24, 2.45) is 23.5 Å². The number of hydrogen-bond donors (Lipinski definition) is 1. The molecule has 0 bridgehead atoms. The molecule has 1 saturated heterocycles. The smallest absolute Gasteiger partial charge is 0.0333 e. The van der Waals surface area contributed by atoms with Gasteiger partial charge in [-0.2, -0.15) is 0 Å². The van der Waals surface area contributed by atoms with Crippen LogP contribution in [0.2, 0.25) is 0 Å². The highest BCUT2D eigenvalue weighted by Gasteiger charge is 2.22. The van der Waals surface area contributed by atoms with Gasteiger partial charge in [0.15, 0.2) is 0 Å². The van der Waals surface area contributed by atoms with Gasteiger partial charge >= 0.3 is 0 Å². The highest BCUT2D eigenvalue weighted by atomic mass is 15.1. The Balaban J connectivity index is 1.86. The summed E-state index contributed by atoms with van der Waals surface area (Å²) < 4.78 is 0. The van der Waals surface area contributed by atoms with Gasteiger partial charge in [0.25, 0.3) is 0 Å². The molecule has 1 aliphatic rings. The van der Waals surface area contributed by atoms with Gasteiger partial charge in [-0.1, -0.05) is 51.1 Å². The Morgan fingerprint density at radius 1 is 1.10 bits per heavy atom. The van der Waals surface area contributed by atoms with Crippen molar-refractivity contribution in [2.75, 3.05) is 19.6 Å². The first-order chi connectivity index (χ1) is 10.1. The minimum Gasteiger partial charge on any atom is -0.324 e. The van der Waals surface area contributed by atoms with Crippen LogP contribution in [0.4, 0.5) is 0 Å². The van der Waals surface area contributed by atoms with Gasteiger partial charge in [0.05, 0.1) is 0 Å². The largest absolute Gasteiger partial charge is 0.324 e. The van der Waals surface area contributed by atoms with Crippen LogP contribution in [0.25, 0.3) is 0 Å². The first kappa shape index (κ1) is 16.5. The number of nitrogens with zero attached hydrogens (tertiary/aromatic N) is 1. The molecule has 0 amide bonds. The maximum atomic E-state index is 6.44. The highest BCUT2D eigenvalue weighted by molar-refractivity contribution is 5.19. The fourth-order valence-corrected chi connectivity index (χ4v) is 3.56. The molecule has 1 aliphatic heterocycles. The number of likely N-dealkylation sites (tertiary alicyclic amines) is 1. The van der Waals surface area contributed by atoms with Gasteiger partial charge in [-0.05, 0) is 55.7 Å². The number of benzene rings is 1. The van der Waals surface area contributed by atoms with Gasteiger partial charge in [0.1, 0.15) is 0 Å². The lowest BCUT2D eigenvalue weighted by atomic mass is 9.89. The van der Waals surface area contributed by atoms with Gasteiger partial charge in [0, 0.05) is 12.6 Å². The van der Waals surface area contributed by atoms with E-state index in [1.54, 1.807) is 0 Å². The fourth-order valence-electron chi connectivity index (χ4n) is 3.56. The Bertz CT molecular complexity index is 401. The lowest BCUT2D eigenvalue weighted by Gasteiger charge is -2.28. The Kier molecular flexibility index (Phi) is 6.25. The van der Waals surface area contributed by atoms with E-state index in [1.165, 1.54) is 37.9 Å². The Hall–Kier alpha value is -0.860. The van der Waals surface area contributed by atoms with E-state index in [4.69, 9.17) is 5.73 Å². The van der Waals surface area contributed by atoms with Gasteiger partial charge in [-0.15, -0.1) is 0 Å². The molecule has 0 aliphatic carbocycles. The van der Waals surface area contributed by atoms with Crippen LogP contribution in [-0.4, -0.2) is 24.5 Å². The molecule has 3 atom stereocenters. The van der Waals surface area contributed by atoms with Crippen LogP contribution in [-0.2, 0) is 0 Å². The predicted octanol–water partition coefficient (Wildman–Crippen LogP) is 4.08. The third kappa shape index (κ3) is 4.82. The molecule has 0 aromatic heterocycles. The standard InChI is InChI=1S/C19H32N2/c1-15(2)17-10-7-12-21(13-11-17)14-16(3)19(20)18-8-5-4-6-9-18/h4-6,8-9,15-17,19H,7,10-14,20H2,1-3H3.